The minimum absolute atomic E-state index is 0.241. The second kappa shape index (κ2) is 11.6. The molecule has 2 aromatic heterocycles. The summed E-state index contributed by atoms with van der Waals surface area (Å²) >= 11 is 0. The van der Waals surface area contributed by atoms with Gasteiger partial charge in [-0.3, -0.25) is 4.79 Å². The van der Waals surface area contributed by atoms with E-state index in [1.807, 2.05) is 37.4 Å². The minimum atomic E-state index is -0.241. The van der Waals surface area contributed by atoms with Gasteiger partial charge < -0.3 is 29.7 Å². The van der Waals surface area contributed by atoms with Gasteiger partial charge in [0.1, 0.15) is 5.75 Å². The third-order valence-corrected chi connectivity index (χ3v) is 7.27. The molecular formula is C31H35N7O2. The van der Waals surface area contributed by atoms with E-state index in [-0.39, 0.29) is 5.91 Å². The van der Waals surface area contributed by atoms with Gasteiger partial charge in [-0.1, -0.05) is 36.9 Å². The van der Waals surface area contributed by atoms with Crippen LogP contribution in [0, 0.1) is 0 Å². The van der Waals surface area contributed by atoms with Crippen molar-refractivity contribution in [1.29, 1.82) is 0 Å². The number of aromatic nitrogens is 3. The minimum Gasteiger partial charge on any atom is -0.494 e. The third-order valence-electron chi connectivity index (χ3n) is 7.27. The van der Waals surface area contributed by atoms with Crippen LogP contribution in [0.3, 0.4) is 0 Å². The first-order chi connectivity index (χ1) is 19.4. The number of hydrogen-bond acceptors (Lipinski definition) is 7. The van der Waals surface area contributed by atoms with Crippen LogP contribution in [0.4, 0.5) is 23.0 Å². The van der Waals surface area contributed by atoms with Gasteiger partial charge in [0.05, 0.1) is 29.9 Å². The largest absolute Gasteiger partial charge is 0.494 e. The van der Waals surface area contributed by atoms with Crippen LogP contribution >= 0.6 is 0 Å². The van der Waals surface area contributed by atoms with Gasteiger partial charge in [0.15, 0.2) is 0 Å². The van der Waals surface area contributed by atoms with E-state index in [4.69, 9.17) is 9.72 Å². The Morgan fingerprint density at radius 3 is 2.77 bits per heavy atom. The van der Waals surface area contributed by atoms with Crippen LogP contribution in [0.15, 0.2) is 79.7 Å². The number of fused-ring (bicyclic) bond motifs is 1. The number of allylic oxidation sites excluding steroid dienone is 2. The first-order valence-corrected chi connectivity index (χ1v) is 13.3. The Morgan fingerprint density at radius 1 is 1.20 bits per heavy atom. The van der Waals surface area contributed by atoms with Crippen LogP contribution in [0.25, 0.3) is 22.2 Å². The maximum atomic E-state index is 12.7. The van der Waals surface area contributed by atoms with E-state index in [9.17, 15) is 4.79 Å². The zero-order valence-corrected chi connectivity index (χ0v) is 23.4. The molecule has 40 heavy (non-hydrogen) atoms. The Balaban J connectivity index is 1.51. The highest BCUT2D eigenvalue weighted by Crippen LogP contribution is 2.40. The second-order valence-corrected chi connectivity index (χ2v) is 10.1. The van der Waals surface area contributed by atoms with Crippen molar-refractivity contribution < 1.29 is 9.53 Å². The van der Waals surface area contributed by atoms with E-state index < -0.39 is 0 Å². The number of likely N-dealkylation sites (N-methyl/N-ethyl adjacent to an activating group) is 1. The molecule has 3 heterocycles. The van der Waals surface area contributed by atoms with E-state index in [0.29, 0.717) is 29.1 Å². The lowest BCUT2D eigenvalue weighted by molar-refractivity contribution is -0.111. The Kier molecular flexibility index (Phi) is 7.84. The number of rotatable bonds is 9. The molecule has 1 amide bonds. The average Bonchev–Trinajstić information content (AvgIpc) is 3.58. The SMILES string of the molecule is C=C/C=C\C(=O)Nc1cc(Nc2nccc(-c3cn(C)c4ccccc34)n2)c(OC)cc1N1CC[C@H](N(C)C)C1. The fraction of sp³-hybridized carbons (Fsp3) is 0.258. The molecule has 1 atom stereocenters. The van der Waals surface area contributed by atoms with Crippen molar-refractivity contribution in [3.05, 3.63) is 79.7 Å². The normalized spacial score (nSPS) is 15.2. The van der Waals surface area contributed by atoms with Gasteiger partial charge in [0.2, 0.25) is 11.9 Å². The summed E-state index contributed by atoms with van der Waals surface area (Å²) in [5.41, 5.74) is 5.18. The van der Waals surface area contributed by atoms with Gasteiger partial charge in [-0.2, -0.15) is 0 Å². The number of aryl methyl sites for hydroxylation is 1. The standard InChI is InChI=1S/C31H35N7O2/c1-6-7-12-30(39)33-25-17-26(29(40-5)18-28(25)38-16-14-21(19-38)36(2)3)35-31-32-15-13-24(34-31)23-20-37(4)27-11-9-8-10-22(23)27/h6-13,15,17-18,20-21H,1,14,16,19H2,2-5H3,(H,33,39)(H,32,34,35)/b12-7-/t21-/m0/s1. The Labute approximate surface area is 234 Å². The molecule has 206 valence electrons. The first-order valence-electron chi connectivity index (χ1n) is 13.3. The van der Waals surface area contributed by atoms with Crippen LogP contribution < -0.4 is 20.3 Å². The van der Waals surface area contributed by atoms with Crippen molar-refractivity contribution in [1.82, 2.24) is 19.4 Å². The highest BCUT2D eigenvalue weighted by atomic mass is 16.5. The van der Waals surface area contributed by atoms with E-state index in [1.165, 1.54) is 6.08 Å². The van der Waals surface area contributed by atoms with E-state index in [1.54, 1.807) is 25.5 Å². The summed E-state index contributed by atoms with van der Waals surface area (Å²) in [6, 6.07) is 14.4. The number of carbonyl (C=O) groups is 1. The lowest BCUT2D eigenvalue weighted by Gasteiger charge is -2.25. The topological polar surface area (TPSA) is 87.5 Å². The van der Waals surface area contributed by atoms with Crippen molar-refractivity contribution in [2.45, 2.75) is 12.5 Å². The van der Waals surface area contributed by atoms with Crippen LogP contribution in [-0.4, -0.2) is 65.7 Å². The lowest BCUT2D eigenvalue weighted by atomic mass is 10.1. The molecule has 9 heteroatoms. The van der Waals surface area contributed by atoms with Crippen LogP contribution in [0.5, 0.6) is 5.75 Å². The zero-order chi connectivity index (χ0) is 28.2. The number of hydrogen-bond donors (Lipinski definition) is 2. The predicted molar refractivity (Wildman–Crippen MR) is 162 cm³/mol. The van der Waals surface area contributed by atoms with Crippen molar-refractivity contribution in [3.8, 4) is 17.0 Å². The molecule has 0 radical (unpaired) electrons. The Hall–Kier alpha value is -4.63. The summed E-state index contributed by atoms with van der Waals surface area (Å²) in [4.78, 5) is 26.5. The monoisotopic (exact) mass is 537 g/mol. The highest BCUT2D eigenvalue weighted by Gasteiger charge is 2.27. The van der Waals surface area contributed by atoms with Gasteiger partial charge in [-0.05, 0) is 38.7 Å². The van der Waals surface area contributed by atoms with E-state index in [0.717, 1.165) is 47.4 Å². The first kappa shape index (κ1) is 27.0. The molecule has 1 aliphatic rings. The number of amides is 1. The number of ether oxygens (including phenoxy) is 1. The molecule has 2 N–H and O–H groups in total. The molecule has 9 nitrogen and oxygen atoms in total. The van der Waals surface area contributed by atoms with Crippen LogP contribution in [0.1, 0.15) is 6.42 Å². The molecule has 4 aromatic rings. The summed E-state index contributed by atoms with van der Waals surface area (Å²) in [5.74, 6) is 0.811. The fourth-order valence-electron chi connectivity index (χ4n) is 5.14. The molecule has 0 spiro atoms. The number of benzene rings is 2. The molecule has 0 saturated carbocycles. The maximum Gasteiger partial charge on any atom is 0.248 e. The van der Waals surface area contributed by atoms with E-state index in [2.05, 4.69) is 69.0 Å². The molecule has 0 bridgehead atoms. The molecule has 0 unspecified atom stereocenters. The highest BCUT2D eigenvalue weighted by molar-refractivity contribution is 6.02. The third kappa shape index (κ3) is 5.55. The Morgan fingerprint density at radius 2 is 2.02 bits per heavy atom. The van der Waals surface area contributed by atoms with Crippen LogP contribution in [-0.2, 0) is 11.8 Å². The molecule has 1 aliphatic heterocycles. The van der Waals surface area contributed by atoms with E-state index >= 15 is 0 Å². The summed E-state index contributed by atoms with van der Waals surface area (Å²) in [7, 11) is 7.85. The molecule has 1 fully saturated rings. The number of methoxy groups -OCH3 is 1. The smallest absolute Gasteiger partial charge is 0.248 e. The number of carbonyl (C=O) groups excluding carboxylic acids is 1. The van der Waals surface area contributed by atoms with Gasteiger partial charge in [-0.15, -0.1) is 0 Å². The number of para-hydroxylation sites is 1. The second-order valence-electron chi connectivity index (χ2n) is 10.1. The fourth-order valence-corrected chi connectivity index (χ4v) is 5.14. The summed E-state index contributed by atoms with van der Waals surface area (Å²) in [5, 5.41) is 7.48. The molecule has 1 saturated heterocycles. The van der Waals surface area contributed by atoms with Crippen LogP contribution in [0.2, 0.25) is 0 Å². The summed E-state index contributed by atoms with van der Waals surface area (Å²) in [6.45, 7) is 5.38. The van der Waals surface area contributed by atoms with Crippen molar-refractivity contribution in [2.75, 3.05) is 49.8 Å². The van der Waals surface area contributed by atoms with Crippen molar-refractivity contribution in [2.24, 2.45) is 7.05 Å². The van der Waals surface area contributed by atoms with Gasteiger partial charge >= 0.3 is 0 Å². The number of nitrogens with one attached hydrogen (secondary N) is 2. The number of anilines is 4. The van der Waals surface area contributed by atoms with Gasteiger partial charge in [0.25, 0.3) is 0 Å². The van der Waals surface area contributed by atoms with Crippen molar-refractivity contribution in [3.63, 3.8) is 0 Å². The molecule has 0 aliphatic carbocycles. The molecular weight excluding hydrogens is 502 g/mol. The maximum absolute atomic E-state index is 12.7. The van der Waals surface area contributed by atoms with Crippen molar-refractivity contribution >= 4 is 39.8 Å². The predicted octanol–water partition coefficient (Wildman–Crippen LogP) is 5.21. The number of nitrogens with zero attached hydrogens (tertiary/aromatic N) is 5. The zero-order valence-electron chi connectivity index (χ0n) is 23.4. The summed E-state index contributed by atoms with van der Waals surface area (Å²) in [6.07, 6.45) is 9.49. The van der Waals surface area contributed by atoms with Gasteiger partial charge in [0, 0.05) is 67.2 Å². The Bertz CT molecular complexity index is 1570. The van der Waals surface area contributed by atoms with Gasteiger partial charge in [-0.25, -0.2) is 9.97 Å². The summed E-state index contributed by atoms with van der Waals surface area (Å²) < 4.78 is 7.89. The quantitative estimate of drug-likeness (QED) is 0.224. The average molecular weight is 538 g/mol. The molecule has 5 rings (SSSR count). The lowest BCUT2D eigenvalue weighted by Crippen LogP contribution is -2.31. The molecule has 2 aromatic carbocycles.